The molecule has 1 fully saturated rings. The molecule has 1 aromatic carbocycles. The zero-order valence-corrected chi connectivity index (χ0v) is 16.6. The van der Waals surface area contributed by atoms with E-state index >= 15 is 0 Å². The lowest BCUT2D eigenvalue weighted by molar-refractivity contribution is -0.939. The number of nitrogens with one attached hydrogen (secondary N) is 3. The third-order valence-electron chi connectivity index (χ3n) is 4.62. The molecule has 1 aromatic heterocycles. The first-order valence-corrected chi connectivity index (χ1v) is 10.1. The van der Waals surface area contributed by atoms with E-state index < -0.39 is 4.92 Å². The second-order valence-corrected chi connectivity index (χ2v) is 7.84. The van der Waals surface area contributed by atoms with Crippen LogP contribution in [0.25, 0.3) is 0 Å². The summed E-state index contributed by atoms with van der Waals surface area (Å²) in [5.74, 6) is 0. The smallest absolute Gasteiger partial charge is 0.269 e. The van der Waals surface area contributed by atoms with Crippen LogP contribution in [0.2, 0.25) is 0 Å². The van der Waals surface area contributed by atoms with Crippen molar-refractivity contribution in [2.45, 2.75) is 19.0 Å². The number of nitro benzene ring substituents is 1. The summed E-state index contributed by atoms with van der Waals surface area (Å²) < 4.78 is 5.51. The molecule has 9 heteroatoms. The Morgan fingerprint density at radius 2 is 2.00 bits per heavy atom. The quantitative estimate of drug-likeness (QED) is 0.386. The van der Waals surface area contributed by atoms with E-state index in [4.69, 9.17) is 17.0 Å². The minimum atomic E-state index is -0.418. The molecule has 0 bridgehead atoms. The first-order valence-electron chi connectivity index (χ1n) is 8.82. The molecule has 1 aliphatic heterocycles. The molecule has 2 atom stereocenters. The van der Waals surface area contributed by atoms with Crippen LogP contribution in [-0.2, 0) is 4.74 Å². The van der Waals surface area contributed by atoms with Crippen molar-refractivity contribution in [3.8, 4) is 0 Å². The fourth-order valence-corrected chi connectivity index (χ4v) is 4.63. The van der Waals surface area contributed by atoms with E-state index in [0.717, 1.165) is 32.0 Å². The number of benzene rings is 1. The number of thiocarbonyl (C=S) groups is 1. The largest absolute Gasteiger partial charge is 0.370 e. The van der Waals surface area contributed by atoms with Crippen molar-refractivity contribution in [2.75, 3.05) is 31.6 Å². The Hall–Kier alpha value is -2.07. The molecule has 3 N–H and O–H groups in total. The predicted molar refractivity (Wildman–Crippen MR) is 110 cm³/mol. The van der Waals surface area contributed by atoms with Crippen molar-refractivity contribution in [3.63, 3.8) is 0 Å². The van der Waals surface area contributed by atoms with Crippen LogP contribution in [0.1, 0.15) is 17.8 Å². The second kappa shape index (κ2) is 9.23. The van der Waals surface area contributed by atoms with E-state index in [-0.39, 0.29) is 17.8 Å². The Morgan fingerprint density at radius 3 is 2.59 bits per heavy atom. The van der Waals surface area contributed by atoms with Gasteiger partial charge in [0.05, 0.1) is 29.1 Å². The number of hydrogen-bond acceptors (Lipinski definition) is 5. The Balaban J connectivity index is 1.64. The summed E-state index contributed by atoms with van der Waals surface area (Å²) in [4.78, 5) is 13.1. The van der Waals surface area contributed by atoms with E-state index in [2.05, 4.69) is 35.1 Å². The molecule has 2 heterocycles. The molecule has 0 unspecified atom stereocenters. The van der Waals surface area contributed by atoms with Gasteiger partial charge in [0.15, 0.2) is 5.11 Å². The number of rotatable bonds is 6. The van der Waals surface area contributed by atoms with E-state index in [1.165, 1.54) is 21.9 Å². The van der Waals surface area contributed by atoms with E-state index in [0.29, 0.717) is 5.11 Å². The number of hydrogen-bond donors (Lipinski definition) is 3. The van der Waals surface area contributed by atoms with Gasteiger partial charge in [-0.2, -0.15) is 0 Å². The predicted octanol–water partition coefficient (Wildman–Crippen LogP) is 1.99. The molecule has 3 rings (SSSR count). The van der Waals surface area contributed by atoms with Crippen LogP contribution in [-0.4, -0.2) is 42.4 Å². The highest BCUT2D eigenvalue weighted by Crippen LogP contribution is 2.20. The van der Waals surface area contributed by atoms with Gasteiger partial charge in [0.2, 0.25) is 0 Å². The van der Waals surface area contributed by atoms with Gasteiger partial charge in [-0.05, 0) is 42.7 Å². The molecule has 27 heavy (non-hydrogen) atoms. The van der Waals surface area contributed by atoms with Gasteiger partial charge >= 0.3 is 0 Å². The molecule has 0 saturated carbocycles. The van der Waals surface area contributed by atoms with Gasteiger partial charge in [0, 0.05) is 17.8 Å². The second-order valence-electron chi connectivity index (χ2n) is 6.45. The molecular weight excluding hydrogens is 384 g/mol. The van der Waals surface area contributed by atoms with Crippen molar-refractivity contribution in [1.29, 1.82) is 0 Å². The Kier molecular flexibility index (Phi) is 6.73. The van der Waals surface area contributed by atoms with Gasteiger partial charge in [-0.1, -0.05) is 6.07 Å². The average Bonchev–Trinajstić information content (AvgIpc) is 3.17. The molecule has 7 nitrogen and oxygen atoms in total. The maximum absolute atomic E-state index is 10.8. The Labute approximate surface area is 167 Å². The number of nitro groups is 1. The molecule has 2 aromatic rings. The number of anilines is 1. The van der Waals surface area contributed by atoms with Crippen LogP contribution in [0.15, 0.2) is 41.8 Å². The van der Waals surface area contributed by atoms with Crippen LogP contribution in [0.5, 0.6) is 0 Å². The summed E-state index contributed by atoms with van der Waals surface area (Å²) in [6, 6.07) is 10.9. The molecule has 0 amide bonds. The highest BCUT2D eigenvalue weighted by Gasteiger charge is 2.32. The van der Waals surface area contributed by atoms with Crippen molar-refractivity contribution < 1.29 is 14.6 Å². The van der Waals surface area contributed by atoms with Crippen LogP contribution < -0.4 is 15.5 Å². The fraction of sp³-hybridized carbons (Fsp3) is 0.389. The van der Waals surface area contributed by atoms with Gasteiger partial charge in [-0.3, -0.25) is 10.1 Å². The summed E-state index contributed by atoms with van der Waals surface area (Å²) in [5, 5.41) is 19.9. The molecule has 0 radical (unpaired) electrons. The lowest BCUT2D eigenvalue weighted by Gasteiger charge is -2.35. The summed E-state index contributed by atoms with van der Waals surface area (Å²) in [6.07, 6.45) is 0. The number of non-ortho nitro benzene ring substituents is 1. The SMILES string of the molecule is C[C@H](NC(=S)Nc1ccc([N+](=O)[O-])cc1)[C@H](c1cccs1)[NH+]1CCOCC1. The van der Waals surface area contributed by atoms with Gasteiger partial charge < -0.3 is 20.3 Å². The monoisotopic (exact) mass is 407 g/mol. The van der Waals surface area contributed by atoms with Crippen LogP contribution in [0, 0.1) is 10.1 Å². The molecule has 1 saturated heterocycles. The number of ether oxygens (including phenoxy) is 1. The first kappa shape index (κ1) is 19.7. The molecule has 0 spiro atoms. The zero-order chi connectivity index (χ0) is 19.2. The van der Waals surface area contributed by atoms with E-state index in [9.17, 15) is 10.1 Å². The van der Waals surface area contributed by atoms with E-state index in [1.807, 2.05) is 0 Å². The molecule has 144 valence electrons. The normalized spacial score (nSPS) is 17.1. The van der Waals surface area contributed by atoms with Gasteiger partial charge in [0.1, 0.15) is 19.1 Å². The summed E-state index contributed by atoms with van der Waals surface area (Å²) >= 11 is 7.22. The van der Waals surface area contributed by atoms with Crippen LogP contribution in [0.3, 0.4) is 0 Å². The molecule has 0 aliphatic carbocycles. The number of nitrogens with zero attached hydrogens (tertiary/aromatic N) is 1. The summed E-state index contributed by atoms with van der Waals surface area (Å²) in [6.45, 7) is 5.62. The minimum absolute atomic E-state index is 0.0569. The Bertz CT molecular complexity index is 761. The topological polar surface area (TPSA) is 80.9 Å². The standard InChI is InChI=1S/C18H22N4O3S2/c1-13(17(16-3-2-12-27-16)21-8-10-25-11-9-21)19-18(26)20-14-4-6-15(7-5-14)22(23)24/h2-7,12-13,17H,8-11H2,1H3,(H2,19,20,26)/p+1/t13-,17+/m0/s1. The summed E-state index contributed by atoms with van der Waals surface area (Å²) in [7, 11) is 0. The molecular formula is C18H23N4O3S2+. The average molecular weight is 408 g/mol. The van der Waals surface area contributed by atoms with Crippen molar-refractivity contribution in [1.82, 2.24) is 5.32 Å². The van der Waals surface area contributed by atoms with Crippen LogP contribution >= 0.6 is 23.6 Å². The number of quaternary nitrogens is 1. The number of morpholine rings is 1. The summed E-state index contributed by atoms with van der Waals surface area (Å²) in [5.41, 5.74) is 0.776. The van der Waals surface area contributed by atoms with Gasteiger partial charge in [-0.15, -0.1) is 11.3 Å². The lowest BCUT2D eigenvalue weighted by atomic mass is 10.1. The third-order valence-corrected chi connectivity index (χ3v) is 5.79. The lowest BCUT2D eigenvalue weighted by Crippen LogP contribution is -3.15. The van der Waals surface area contributed by atoms with Crippen molar-refractivity contribution >= 4 is 40.0 Å². The van der Waals surface area contributed by atoms with Gasteiger partial charge in [0.25, 0.3) is 5.69 Å². The van der Waals surface area contributed by atoms with Crippen molar-refractivity contribution in [3.05, 3.63) is 56.8 Å². The highest BCUT2D eigenvalue weighted by molar-refractivity contribution is 7.80. The fourth-order valence-electron chi connectivity index (χ4n) is 3.34. The maximum Gasteiger partial charge on any atom is 0.269 e. The van der Waals surface area contributed by atoms with Crippen LogP contribution in [0.4, 0.5) is 11.4 Å². The third kappa shape index (κ3) is 5.23. The maximum atomic E-state index is 10.8. The van der Waals surface area contributed by atoms with Gasteiger partial charge in [-0.25, -0.2) is 0 Å². The Morgan fingerprint density at radius 1 is 1.30 bits per heavy atom. The first-order chi connectivity index (χ1) is 13.0. The minimum Gasteiger partial charge on any atom is -0.370 e. The van der Waals surface area contributed by atoms with E-state index in [1.54, 1.807) is 23.5 Å². The zero-order valence-electron chi connectivity index (χ0n) is 15.0. The molecule has 1 aliphatic rings. The number of thiophene rings is 1. The highest BCUT2D eigenvalue weighted by atomic mass is 32.1. The van der Waals surface area contributed by atoms with Crippen molar-refractivity contribution in [2.24, 2.45) is 0 Å².